The summed E-state index contributed by atoms with van der Waals surface area (Å²) in [7, 11) is 1.94. The Morgan fingerprint density at radius 1 is 1.33 bits per heavy atom. The van der Waals surface area contributed by atoms with Crippen molar-refractivity contribution >= 4 is 6.03 Å². The largest absolute Gasteiger partial charge is 0.381 e. The lowest BCUT2D eigenvalue weighted by Gasteiger charge is -2.37. The summed E-state index contributed by atoms with van der Waals surface area (Å²) in [6.45, 7) is 4.73. The van der Waals surface area contributed by atoms with E-state index in [1.54, 1.807) is 0 Å². The molecule has 5 heteroatoms. The van der Waals surface area contributed by atoms with Gasteiger partial charge in [-0.2, -0.15) is 0 Å². The Morgan fingerprint density at radius 3 is 2.53 bits per heavy atom. The minimum Gasteiger partial charge on any atom is -0.381 e. The van der Waals surface area contributed by atoms with E-state index in [1.165, 1.54) is 0 Å². The Kier molecular flexibility index (Phi) is 4.84. The van der Waals surface area contributed by atoms with Crippen LogP contribution in [-0.2, 0) is 4.74 Å². The highest BCUT2D eigenvalue weighted by molar-refractivity contribution is 5.73. The van der Waals surface area contributed by atoms with Crippen molar-refractivity contribution in [3.63, 3.8) is 0 Å². The maximum Gasteiger partial charge on any atom is 0.314 e. The highest BCUT2D eigenvalue weighted by atomic mass is 16.5. The standard InChI is InChI=1S/C10H21N3O2/c1-3-12-9(14)13-8-10(11-2)4-6-15-7-5-10/h11H,3-8H2,1-2H3,(H2,12,13,14). The Hall–Kier alpha value is -0.810. The zero-order valence-electron chi connectivity index (χ0n) is 9.56. The number of hydrogen-bond donors (Lipinski definition) is 3. The SMILES string of the molecule is CCNC(=O)NCC1(NC)CCOCC1. The first-order chi connectivity index (χ1) is 7.22. The van der Waals surface area contributed by atoms with Gasteiger partial charge in [0.25, 0.3) is 0 Å². The van der Waals surface area contributed by atoms with Crippen molar-refractivity contribution in [3.05, 3.63) is 0 Å². The summed E-state index contributed by atoms with van der Waals surface area (Å²) < 4.78 is 5.31. The van der Waals surface area contributed by atoms with E-state index >= 15 is 0 Å². The second kappa shape index (κ2) is 5.92. The van der Waals surface area contributed by atoms with Crippen molar-refractivity contribution in [2.75, 3.05) is 33.4 Å². The van der Waals surface area contributed by atoms with Crippen LogP contribution in [0.1, 0.15) is 19.8 Å². The molecule has 1 fully saturated rings. The van der Waals surface area contributed by atoms with Crippen molar-refractivity contribution in [1.82, 2.24) is 16.0 Å². The monoisotopic (exact) mass is 215 g/mol. The van der Waals surface area contributed by atoms with Gasteiger partial charge in [0.15, 0.2) is 0 Å². The summed E-state index contributed by atoms with van der Waals surface area (Å²) >= 11 is 0. The summed E-state index contributed by atoms with van der Waals surface area (Å²) in [6, 6.07) is -0.0985. The zero-order valence-corrected chi connectivity index (χ0v) is 9.56. The third kappa shape index (κ3) is 3.68. The van der Waals surface area contributed by atoms with Gasteiger partial charge in [-0.3, -0.25) is 0 Å². The molecule has 1 aliphatic heterocycles. The highest BCUT2D eigenvalue weighted by Gasteiger charge is 2.30. The maximum atomic E-state index is 11.3. The molecular weight excluding hydrogens is 194 g/mol. The van der Waals surface area contributed by atoms with Crippen molar-refractivity contribution in [2.24, 2.45) is 0 Å². The molecule has 1 rings (SSSR count). The van der Waals surface area contributed by atoms with Crippen LogP contribution in [0.5, 0.6) is 0 Å². The second-order valence-electron chi connectivity index (χ2n) is 3.86. The fourth-order valence-electron chi connectivity index (χ4n) is 1.75. The highest BCUT2D eigenvalue weighted by Crippen LogP contribution is 2.18. The molecule has 1 aliphatic rings. The third-order valence-electron chi connectivity index (χ3n) is 2.90. The van der Waals surface area contributed by atoms with E-state index in [2.05, 4.69) is 16.0 Å². The predicted molar refractivity (Wildman–Crippen MR) is 58.9 cm³/mol. The first-order valence-corrected chi connectivity index (χ1v) is 5.51. The molecule has 0 aliphatic carbocycles. The minimum atomic E-state index is -0.0985. The van der Waals surface area contributed by atoms with Crippen molar-refractivity contribution in [3.8, 4) is 0 Å². The van der Waals surface area contributed by atoms with Crippen LogP contribution in [0.15, 0.2) is 0 Å². The Labute approximate surface area is 90.9 Å². The third-order valence-corrected chi connectivity index (χ3v) is 2.90. The smallest absolute Gasteiger partial charge is 0.314 e. The molecule has 88 valence electrons. The van der Waals surface area contributed by atoms with Gasteiger partial charge in [-0.05, 0) is 26.8 Å². The average molecular weight is 215 g/mol. The van der Waals surface area contributed by atoms with Gasteiger partial charge in [-0.1, -0.05) is 0 Å². The minimum absolute atomic E-state index is 0.00330. The fraction of sp³-hybridized carbons (Fsp3) is 0.900. The van der Waals surface area contributed by atoms with Crippen LogP contribution in [-0.4, -0.2) is 44.9 Å². The van der Waals surface area contributed by atoms with Crippen LogP contribution in [0.25, 0.3) is 0 Å². The lowest BCUT2D eigenvalue weighted by molar-refractivity contribution is 0.0421. The van der Waals surface area contributed by atoms with E-state index in [0.717, 1.165) is 26.1 Å². The van der Waals surface area contributed by atoms with Gasteiger partial charge in [0.2, 0.25) is 0 Å². The van der Waals surface area contributed by atoms with Gasteiger partial charge in [0, 0.05) is 31.8 Å². The molecule has 15 heavy (non-hydrogen) atoms. The molecule has 0 atom stereocenters. The number of hydrogen-bond acceptors (Lipinski definition) is 3. The molecule has 3 N–H and O–H groups in total. The molecule has 0 saturated carbocycles. The van der Waals surface area contributed by atoms with Crippen LogP contribution >= 0.6 is 0 Å². The van der Waals surface area contributed by atoms with E-state index in [0.29, 0.717) is 13.1 Å². The van der Waals surface area contributed by atoms with Crippen LogP contribution in [0.3, 0.4) is 0 Å². The number of carbonyl (C=O) groups excluding carboxylic acids is 1. The molecule has 0 aromatic rings. The number of carbonyl (C=O) groups is 1. The summed E-state index contributed by atoms with van der Waals surface area (Å²) in [4.78, 5) is 11.3. The van der Waals surface area contributed by atoms with Gasteiger partial charge in [0.1, 0.15) is 0 Å². The molecule has 2 amide bonds. The van der Waals surface area contributed by atoms with Gasteiger partial charge in [0.05, 0.1) is 0 Å². The van der Waals surface area contributed by atoms with E-state index in [1.807, 2.05) is 14.0 Å². The van der Waals surface area contributed by atoms with Gasteiger partial charge < -0.3 is 20.7 Å². The molecule has 0 radical (unpaired) electrons. The summed E-state index contributed by atoms with van der Waals surface area (Å²) in [5.41, 5.74) is 0.00330. The number of amides is 2. The average Bonchev–Trinajstić information content (AvgIpc) is 2.28. The maximum absolute atomic E-state index is 11.3. The van der Waals surface area contributed by atoms with Crippen LogP contribution < -0.4 is 16.0 Å². The lowest BCUT2D eigenvalue weighted by atomic mass is 9.90. The van der Waals surface area contributed by atoms with E-state index in [9.17, 15) is 4.79 Å². The molecular formula is C10H21N3O2. The molecule has 5 nitrogen and oxygen atoms in total. The Morgan fingerprint density at radius 2 is 2.00 bits per heavy atom. The topological polar surface area (TPSA) is 62.4 Å². The summed E-state index contributed by atoms with van der Waals surface area (Å²) in [5, 5.41) is 8.89. The normalized spacial score (nSPS) is 19.6. The van der Waals surface area contributed by atoms with Crippen molar-refractivity contribution in [1.29, 1.82) is 0 Å². The fourth-order valence-corrected chi connectivity index (χ4v) is 1.75. The van der Waals surface area contributed by atoms with Gasteiger partial charge in [-0.25, -0.2) is 4.79 Å². The van der Waals surface area contributed by atoms with Crippen LogP contribution in [0.4, 0.5) is 4.79 Å². The van der Waals surface area contributed by atoms with E-state index < -0.39 is 0 Å². The Balaban J connectivity index is 2.35. The number of rotatable bonds is 4. The first-order valence-electron chi connectivity index (χ1n) is 5.51. The summed E-state index contributed by atoms with van der Waals surface area (Å²) in [6.07, 6.45) is 1.88. The molecule has 0 bridgehead atoms. The quantitative estimate of drug-likeness (QED) is 0.622. The number of nitrogens with one attached hydrogen (secondary N) is 3. The second-order valence-corrected chi connectivity index (χ2v) is 3.86. The number of likely N-dealkylation sites (N-methyl/N-ethyl adjacent to an activating group) is 1. The van der Waals surface area contributed by atoms with E-state index in [4.69, 9.17) is 4.74 Å². The molecule has 0 unspecified atom stereocenters. The predicted octanol–water partition coefficient (Wildman–Crippen LogP) is 0.0741. The molecule has 0 aromatic heterocycles. The van der Waals surface area contributed by atoms with Gasteiger partial charge in [-0.15, -0.1) is 0 Å². The van der Waals surface area contributed by atoms with E-state index in [-0.39, 0.29) is 11.6 Å². The van der Waals surface area contributed by atoms with Crippen molar-refractivity contribution < 1.29 is 9.53 Å². The number of urea groups is 1. The zero-order chi connectivity index (χ0) is 11.1. The summed E-state index contributed by atoms with van der Waals surface area (Å²) in [5.74, 6) is 0. The lowest BCUT2D eigenvalue weighted by Crippen LogP contribution is -2.56. The molecule has 0 aromatic carbocycles. The molecule has 1 saturated heterocycles. The number of ether oxygens (including phenoxy) is 1. The Bertz CT molecular complexity index is 203. The molecule has 1 heterocycles. The van der Waals surface area contributed by atoms with Crippen LogP contribution in [0.2, 0.25) is 0 Å². The van der Waals surface area contributed by atoms with Crippen LogP contribution in [0, 0.1) is 0 Å². The van der Waals surface area contributed by atoms with Gasteiger partial charge >= 0.3 is 6.03 Å². The first kappa shape index (κ1) is 12.3. The van der Waals surface area contributed by atoms with Crippen molar-refractivity contribution in [2.45, 2.75) is 25.3 Å². The molecule has 0 spiro atoms.